The van der Waals surface area contributed by atoms with Crippen LogP contribution in [0.3, 0.4) is 0 Å². The van der Waals surface area contributed by atoms with Gasteiger partial charge >= 0.3 is 6.18 Å². The van der Waals surface area contributed by atoms with E-state index >= 15 is 0 Å². The molecule has 2 nitrogen and oxygen atoms in total. The number of aryl methyl sites for hydroxylation is 1. The van der Waals surface area contributed by atoms with Crippen molar-refractivity contribution in [3.8, 4) is 0 Å². The molecule has 1 aromatic rings. The maximum absolute atomic E-state index is 13.4. The fraction of sp³-hybridized carbons (Fsp3) is 0.500. The Hall–Kier alpha value is -1.30. The fourth-order valence-electron chi connectivity index (χ4n) is 1.73. The highest BCUT2D eigenvalue weighted by atomic mass is 19.4. The summed E-state index contributed by atoms with van der Waals surface area (Å²) in [6, 6.07) is 2.05. The molecule has 0 amide bonds. The first-order valence-electron chi connectivity index (χ1n) is 5.45. The number of hydrogen-bond acceptors (Lipinski definition) is 2. The highest BCUT2D eigenvalue weighted by Gasteiger charge is 2.30. The average Bonchev–Trinajstić information content (AvgIpc) is 2.18. The van der Waals surface area contributed by atoms with E-state index in [0.717, 1.165) is 4.90 Å². The molecule has 0 aliphatic heterocycles. The van der Waals surface area contributed by atoms with E-state index in [-0.39, 0.29) is 0 Å². The van der Waals surface area contributed by atoms with Crippen molar-refractivity contribution in [1.82, 2.24) is 0 Å². The monoisotopic (exact) mass is 264 g/mol. The Morgan fingerprint density at radius 2 is 1.89 bits per heavy atom. The van der Waals surface area contributed by atoms with Gasteiger partial charge in [0, 0.05) is 18.8 Å². The zero-order valence-electron chi connectivity index (χ0n) is 10.5. The van der Waals surface area contributed by atoms with Gasteiger partial charge in [0.1, 0.15) is 12.4 Å². The van der Waals surface area contributed by atoms with E-state index in [1.807, 2.05) is 0 Å². The molecule has 0 spiro atoms. The van der Waals surface area contributed by atoms with Crippen LogP contribution in [0.15, 0.2) is 12.1 Å². The molecule has 1 aromatic carbocycles. The van der Waals surface area contributed by atoms with Crippen LogP contribution in [0.2, 0.25) is 0 Å². The summed E-state index contributed by atoms with van der Waals surface area (Å²) >= 11 is 0. The van der Waals surface area contributed by atoms with Gasteiger partial charge in [-0.2, -0.15) is 13.2 Å². The highest BCUT2D eigenvalue weighted by Crippen LogP contribution is 2.29. The van der Waals surface area contributed by atoms with Crippen molar-refractivity contribution in [3.63, 3.8) is 0 Å². The highest BCUT2D eigenvalue weighted by molar-refractivity contribution is 5.56. The standard InChI is InChI=1S/C12H16F4N2/c1-7-4-11(18(3)6-12(14,15)16)9(8(2)17)5-10(7)13/h4-5,8H,6,17H2,1-3H3/t8-/m0/s1. The molecule has 0 saturated heterocycles. The molecule has 0 aliphatic carbocycles. The minimum atomic E-state index is -4.31. The van der Waals surface area contributed by atoms with Crippen LogP contribution in [0.25, 0.3) is 0 Å². The summed E-state index contributed by atoms with van der Waals surface area (Å²) in [5.74, 6) is -0.466. The molecular weight excluding hydrogens is 248 g/mol. The SMILES string of the molecule is Cc1cc(N(C)CC(F)(F)F)c([C@H](C)N)cc1F. The lowest BCUT2D eigenvalue weighted by atomic mass is 10.0. The summed E-state index contributed by atoms with van der Waals surface area (Å²) in [5.41, 5.74) is 6.63. The molecule has 0 unspecified atom stereocenters. The van der Waals surface area contributed by atoms with E-state index in [1.54, 1.807) is 6.92 Å². The van der Waals surface area contributed by atoms with Gasteiger partial charge in [-0.1, -0.05) is 0 Å². The van der Waals surface area contributed by atoms with E-state index in [2.05, 4.69) is 0 Å². The van der Waals surface area contributed by atoms with Crippen LogP contribution in [0.4, 0.5) is 23.2 Å². The first-order valence-corrected chi connectivity index (χ1v) is 5.45. The van der Waals surface area contributed by atoms with Gasteiger partial charge in [-0.15, -0.1) is 0 Å². The van der Waals surface area contributed by atoms with Gasteiger partial charge in [-0.3, -0.25) is 0 Å². The molecule has 0 fully saturated rings. The number of anilines is 1. The van der Waals surface area contributed by atoms with Crippen molar-refractivity contribution in [2.24, 2.45) is 5.73 Å². The van der Waals surface area contributed by atoms with E-state index in [1.165, 1.54) is 26.1 Å². The molecular formula is C12H16F4N2. The number of nitrogens with zero attached hydrogens (tertiary/aromatic N) is 1. The van der Waals surface area contributed by atoms with Crippen molar-refractivity contribution in [1.29, 1.82) is 0 Å². The molecule has 6 heteroatoms. The maximum atomic E-state index is 13.4. The second-order valence-corrected chi connectivity index (χ2v) is 4.42. The summed E-state index contributed by atoms with van der Waals surface area (Å²) in [6.45, 7) is 2.01. The third-order valence-electron chi connectivity index (χ3n) is 2.63. The average molecular weight is 264 g/mol. The molecule has 0 heterocycles. The molecule has 18 heavy (non-hydrogen) atoms. The second-order valence-electron chi connectivity index (χ2n) is 4.42. The molecule has 0 bridgehead atoms. The molecule has 1 atom stereocenters. The van der Waals surface area contributed by atoms with E-state index in [4.69, 9.17) is 5.73 Å². The predicted octanol–water partition coefficient (Wildman–Crippen LogP) is 3.15. The number of benzene rings is 1. The summed E-state index contributed by atoms with van der Waals surface area (Å²) in [4.78, 5) is 1.03. The molecule has 0 saturated carbocycles. The summed E-state index contributed by atoms with van der Waals surface area (Å²) in [5, 5.41) is 0. The lowest BCUT2D eigenvalue weighted by Gasteiger charge is -2.25. The number of nitrogens with two attached hydrogens (primary N) is 1. The number of alkyl halides is 3. The molecule has 0 radical (unpaired) electrons. The molecule has 0 aromatic heterocycles. The van der Waals surface area contributed by atoms with E-state index < -0.39 is 24.6 Å². The van der Waals surface area contributed by atoms with Gasteiger partial charge < -0.3 is 10.6 Å². The largest absolute Gasteiger partial charge is 0.405 e. The smallest absolute Gasteiger partial charge is 0.365 e. The molecule has 102 valence electrons. The minimum Gasteiger partial charge on any atom is -0.365 e. The van der Waals surface area contributed by atoms with Crippen molar-refractivity contribution in [2.75, 3.05) is 18.5 Å². The van der Waals surface area contributed by atoms with E-state index in [9.17, 15) is 17.6 Å². The summed E-state index contributed by atoms with van der Waals surface area (Å²) in [7, 11) is 1.31. The Morgan fingerprint density at radius 1 is 1.33 bits per heavy atom. The van der Waals surface area contributed by atoms with Crippen LogP contribution >= 0.6 is 0 Å². The minimum absolute atomic E-state index is 0.295. The summed E-state index contributed by atoms with van der Waals surface area (Å²) in [6.07, 6.45) is -4.31. The van der Waals surface area contributed by atoms with Crippen molar-refractivity contribution < 1.29 is 17.6 Å². The van der Waals surface area contributed by atoms with Crippen LogP contribution in [-0.2, 0) is 0 Å². The quantitative estimate of drug-likeness (QED) is 0.850. The number of hydrogen-bond donors (Lipinski definition) is 1. The van der Waals surface area contributed by atoms with Gasteiger partial charge in [0.25, 0.3) is 0 Å². The van der Waals surface area contributed by atoms with Crippen LogP contribution in [0, 0.1) is 12.7 Å². The molecule has 0 aliphatic rings. The van der Waals surface area contributed by atoms with E-state index in [0.29, 0.717) is 16.8 Å². The van der Waals surface area contributed by atoms with Crippen molar-refractivity contribution in [2.45, 2.75) is 26.1 Å². The van der Waals surface area contributed by atoms with Gasteiger partial charge in [0.2, 0.25) is 0 Å². The van der Waals surface area contributed by atoms with Crippen molar-refractivity contribution >= 4 is 5.69 Å². The Balaban J connectivity index is 3.17. The van der Waals surface area contributed by atoms with Gasteiger partial charge in [-0.25, -0.2) is 4.39 Å². The van der Waals surface area contributed by atoms with Gasteiger partial charge in [-0.05, 0) is 37.1 Å². The second kappa shape index (κ2) is 5.14. The third kappa shape index (κ3) is 3.60. The zero-order valence-corrected chi connectivity index (χ0v) is 10.5. The number of rotatable bonds is 3. The zero-order chi connectivity index (χ0) is 14.1. The lowest BCUT2D eigenvalue weighted by molar-refractivity contribution is -0.119. The topological polar surface area (TPSA) is 29.3 Å². The third-order valence-corrected chi connectivity index (χ3v) is 2.63. The van der Waals surface area contributed by atoms with Crippen LogP contribution in [0.1, 0.15) is 24.1 Å². The van der Waals surface area contributed by atoms with Crippen molar-refractivity contribution in [3.05, 3.63) is 29.1 Å². The van der Waals surface area contributed by atoms with Gasteiger partial charge in [0.15, 0.2) is 0 Å². The normalized spacial score (nSPS) is 13.6. The van der Waals surface area contributed by atoms with Crippen LogP contribution in [-0.4, -0.2) is 19.8 Å². The lowest BCUT2D eigenvalue weighted by Crippen LogP contribution is -2.32. The number of halogens is 4. The Bertz CT molecular complexity index is 427. The van der Waals surface area contributed by atoms with Crippen LogP contribution < -0.4 is 10.6 Å². The van der Waals surface area contributed by atoms with Gasteiger partial charge in [0.05, 0.1) is 0 Å². The maximum Gasteiger partial charge on any atom is 0.405 e. The fourth-order valence-corrected chi connectivity index (χ4v) is 1.73. The first-order chi connectivity index (χ1) is 8.11. The summed E-state index contributed by atoms with van der Waals surface area (Å²) < 4.78 is 50.5. The predicted molar refractivity (Wildman–Crippen MR) is 63.1 cm³/mol. The first kappa shape index (κ1) is 14.8. The molecule has 2 N–H and O–H groups in total. The Labute approximate surface area is 103 Å². The molecule has 1 rings (SSSR count). The van der Waals surface area contributed by atoms with Crippen LogP contribution in [0.5, 0.6) is 0 Å². The Kier molecular flexibility index (Phi) is 4.21. The Morgan fingerprint density at radius 3 is 2.33 bits per heavy atom.